The molecule has 0 bridgehead atoms. The molecule has 0 radical (unpaired) electrons. The number of piperidine rings is 1. The number of fused-ring (bicyclic) bond motifs is 1. The van der Waals surface area contributed by atoms with Crippen LogP contribution in [0.1, 0.15) is 78.9 Å². The average Bonchev–Trinajstić information content (AvgIpc) is 3.54. The molecule has 10 heteroatoms. The fourth-order valence-electron chi connectivity index (χ4n) is 7.16. The van der Waals surface area contributed by atoms with Gasteiger partial charge in [-0.3, -0.25) is 4.98 Å². The number of aromatic nitrogens is 1. The van der Waals surface area contributed by atoms with Gasteiger partial charge in [0.05, 0.1) is 22.2 Å². The minimum Gasteiger partial charge on any atom is -0.492 e. The molecular weight excluding hydrogens is 686 g/mol. The molecule has 2 fully saturated rings. The van der Waals surface area contributed by atoms with Gasteiger partial charge in [-0.15, -0.1) is 0 Å². The number of rotatable bonds is 14. The van der Waals surface area contributed by atoms with E-state index in [4.69, 9.17) is 37.4 Å². The zero-order chi connectivity index (χ0) is 35.2. The van der Waals surface area contributed by atoms with Crippen LogP contribution in [0.15, 0.2) is 67.0 Å². The number of nitrogens with one attached hydrogen (secondary N) is 1. The zero-order valence-corrected chi connectivity index (χ0v) is 30.2. The Morgan fingerprint density at radius 1 is 0.922 bits per heavy atom. The highest BCUT2D eigenvalue weighted by atomic mass is 35.5. The van der Waals surface area contributed by atoms with Crippen LogP contribution in [-0.4, -0.2) is 48.3 Å². The summed E-state index contributed by atoms with van der Waals surface area (Å²) in [6, 6.07) is 20.5. The molecule has 7 rings (SSSR count). The van der Waals surface area contributed by atoms with Gasteiger partial charge in [-0.05, 0) is 79.8 Å². The van der Waals surface area contributed by atoms with Gasteiger partial charge in [0.15, 0.2) is 0 Å². The molecule has 2 aliphatic carbocycles. The first-order chi connectivity index (χ1) is 24.9. The van der Waals surface area contributed by atoms with Crippen molar-refractivity contribution in [3.8, 4) is 34.4 Å². The average molecular weight is 730 g/mol. The van der Waals surface area contributed by atoms with Crippen molar-refractivity contribution in [2.24, 2.45) is 0 Å². The lowest BCUT2D eigenvalue weighted by atomic mass is 9.93. The third-order valence-electron chi connectivity index (χ3n) is 10.3. The molecule has 1 aliphatic heterocycles. The highest BCUT2D eigenvalue weighted by Gasteiger charge is 2.29. The number of pyridine rings is 1. The Morgan fingerprint density at radius 3 is 2.55 bits per heavy atom. The normalized spacial score (nSPS) is 17.8. The zero-order valence-electron chi connectivity index (χ0n) is 28.7. The maximum Gasteiger partial charge on any atom is 0.142 e. The van der Waals surface area contributed by atoms with Crippen LogP contribution in [0.3, 0.4) is 0 Å². The highest BCUT2D eigenvalue weighted by molar-refractivity contribution is 6.35. The molecule has 1 N–H and O–H groups in total. The topological polar surface area (TPSA) is 79.6 Å². The van der Waals surface area contributed by atoms with Gasteiger partial charge in [-0.2, -0.15) is 5.26 Å². The largest absolute Gasteiger partial charge is 0.492 e. The van der Waals surface area contributed by atoms with Gasteiger partial charge in [-0.1, -0.05) is 60.0 Å². The van der Waals surface area contributed by atoms with E-state index < -0.39 is 6.17 Å². The van der Waals surface area contributed by atoms with Crippen LogP contribution in [0.25, 0.3) is 11.1 Å². The Hall–Kier alpha value is -3.87. The molecule has 51 heavy (non-hydrogen) atoms. The summed E-state index contributed by atoms with van der Waals surface area (Å²) in [6.07, 6.45) is 9.71. The second-order valence-electron chi connectivity index (χ2n) is 13.7. The van der Waals surface area contributed by atoms with Gasteiger partial charge in [-0.25, -0.2) is 4.39 Å². The monoisotopic (exact) mass is 728 g/mol. The van der Waals surface area contributed by atoms with Crippen molar-refractivity contribution >= 4 is 23.2 Å². The van der Waals surface area contributed by atoms with E-state index in [0.29, 0.717) is 64.9 Å². The summed E-state index contributed by atoms with van der Waals surface area (Å²) in [5.41, 5.74) is 6.58. The number of alkyl halides is 1. The predicted molar refractivity (Wildman–Crippen MR) is 198 cm³/mol. The molecule has 1 saturated heterocycles. The third kappa shape index (κ3) is 8.61. The van der Waals surface area contributed by atoms with E-state index in [-0.39, 0.29) is 12.7 Å². The van der Waals surface area contributed by atoms with Crippen molar-refractivity contribution in [2.45, 2.75) is 82.8 Å². The fourth-order valence-corrected chi connectivity index (χ4v) is 7.68. The Bertz CT molecular complexity index is 1870. The lowest BCUT2D eigenvalue weighted by Gasteiger charge is -2.28. The van der Waals surface area contributed by atoms with Crippen LogP contribution in [0.2, 0.25) is 10.0 Å². The second kappa shape index (κ2) is 16.6. The van der Waals surface area contributed by atoms with Crippen LogP contribution in [0.5, 0.6) is 17.2 Å². The summed E-state index contributed by atoms with van der Waals surface area (Å²) >= 11 is 13.9. The molecule has 266 valence electrons. The molecule has 0 amide bonds. The minimum absolute atomic E-state index is 0.193. The van der Waals surface area contributed by atoms with E-state index >= 15 is 0 Å². The number of nitrogens with zero attached hydrogens (tertiary/aromatic N) is 3. The standard InChI is InChI=1S/C41H43Cl2FN4O3/c42-36-20-29(25-47-31-5-1-6-31)39(50-26-28-19-27(22-45)23-46-24-28)21-40(36)51-37-12-11-33-32(7-2-8-34(33)37)35-9-3-10-38(41(35)43)49-18-4-15-48-16-13-30(44)14-17-48/h2-3,7-10,19-21,23-24,30-31,37,47H,1,4-6,11-18,25-26H2/t37-/m0/s1. The number of benzene rings is 3. The van der Waals surface area contributed by atoms with Crippen LogP contribution in [-0.2, 0) is 19.6 Å². The predicted octanol–water partition coefficient (Wildman–Crippen LogP) is 9.42. The van der Waals surface area contributed by atoms with E-state index in [1.807, 2.05) is 30.3 Å². The van der Waals surface area contributed by atoms with E-state index in [9.17, 15) is 9.65 Å². The summed E-state index contributed by atoms with van der Waals surface area (Å²) in [6.45, 7) is 3.95. The van der Waals surface area contributed by atoms with E-state index in [1.165, 1.54) is 24.8 Å². The Labute approximate surface area is 309 Å². The second-order valence-corrected chi connectivity index (χ2v) is 14.5. The smallest absolute Gasteiger partial charge is 0.142 e. The first-order valence-electron chi connectivity index (χ1n) is 18.0. The van der Waals surface area contributed by atoms with Gasteiger partial charge in [0.25, 0.3) is 0 Å². The number of nitriles is 1. The number of hydrogen-bond donors (Lipinski definition) is 1. The summed E-state index contributed by atoms with van der Waals surface area (Å²) in [5, 5.41) is 14.1. The van der Waals surface area contributed by atoms with Crippen molar-refractivity contribution in [1.29, 1.82) is 5.26 Å². The molecule has 2 heterocycles. The molecule has 7 nitrogen and oxygen atoms in total. The minimum atomic E-state index is -0.662. The van der Waals surface area contributed by atoms with Crippen LogP contribution < -0.4 is 19.5 Å². The fraction of sp³-hybridized carbons (Fsp3) is 0.415. The Morgan fingerprint density at radius 2 is 1.75 bits per heavy atom. The summed E-state index contributed by atoms with van der Waals surface area (Å²) in [7, 11) is 0. The molecule has 0 spiro atoms. The van der Waals surface area contributed by atoms with Crippen molar-refractivity contribution < 1.29 is 18.6 Å². The highest BCUT2D eigenvalue weighted by Crippen LogP contribution is 2.45. The van der Waals surface area contributed by atoms with Crippen molar-refractivity contribution in [3.05, 3.63) is 105 Å². The van der Waals surface area contributed by atoms with E-state index in [1.54, 1.807) is 18.5 Å². The molecule has 1 aromatic heterocycles. The Kier molecular flexibility index (Phi) is 11.6. The maximum absolute atomic E-state index is 13.5. The SMILES string of the molecule is N#Cc1cncc(COc2cc(O[C@H]3CCc4c(-c5cccc(OCCCN6CCC(F)CC6)c5Cl)cccc43)c(Cl)cc2CNC2CCC2)c1. The first-order valence-corrected chi connectivity index (χ1v) is 18.8. The molecule has 1 saturated carbocycles. The molecule has 3 aliphatic rings. The van der Waals surface area contributed by atoms with Crippen molar-refractivity contribution in [3.63, 3.8) is 0 Å². The number of likely N-dealkylation sites (tertiary alicyclic amines) is 1. The molecule has 3 aromatic carbocycles. The molecular formula is C41H43Cl2FN4O3. The van der Waals surface area contributed by atoms with Crippen LogP contribution in [0.4, 0.5) is 4.39 Å². The summed E-state index contributed by atoms with van der Waals surface area (Å²) in [4.78, 5) is 6.48. The van der Waals surface area contributed by atoms with Crippen molar-refractivity contribution in [1.82, 2.24) is 15.2 Å². The third-order valence-corrected chi connectivity index (χ3v) is 10.9. The molecule has 4 aromatic rings. The Balaban J connectivity index is 1.06. The van der Waals surface area contributed by atoms with Crippen LogP contribution >= 0.6 is 23.2 Å². The summed E-state index contributed by atoms with van der Waals surface area (Å²) in [5.74, 6) is 1.92. The van der Waals surface area contributed by atoms with Gasteiger partial charge in [0.2, 0.25) is 0 Å². The number of ether oxygens (including phenoxy) is 3. The quantitative estimate of drug-likeness (QED) is 0.130. The van der Waals surface area contributed by atoms with Gasteiger partial charge >= 0.3 is 0 Å². The van der Waals surface area contributed by atoms with Gasteiger partial charge in [0, 0.05) is 67.4 Å². The van der Waals surface area contributed by atoms with Gasteiger partial charge in [0.1, 0.15) is 42.2 Å². The van der Waals surface area contributed by atoms with E-state index in [2.05, 4.69) is 39.5 Å². The van der Waals surface area contributed by atoms with Gasteiger partial charge < -0.3 is 24.4 Å². The lowest BCUT2D eigenvalue weighted by Crippen LogP contribution is -2.35. The summed E-state index contributed by atoms with van der Waals surface area (Å²) < 4.78 is 32.7. The lowest BCUT2D eigenvalue weighted by molar-refractivity contribution is 0.143. The van der Waals surface area contributed by atoms with E-state index in [0.717, 1.165) is 66.7 Å². The number of halogens is 3. The molecule has 1 atom stereocenters. The van der Waals surface area contributed by atoms with Crippen molar-refractivity contribution in [2.75, 3.05) is 26.2 Å². The first kappa shape index (κ1) is 35.5. The molecule has 0 unspecified atom stereocenters. The maximum atomic E-state index is 13.5. The number of hydrogen-bond acceptors (Lipinski definition) is 7. The van der Waals surface area contributed by atoms with Crippen LogP contribution in [0, 0.1) is 11.3 Å².